The molecule has 7 heteroatoms. The molecule has 0 atom stereocenters. The summed E-state index contributed by atoms with van der Waals surface area (Å²) in [5, 5.41) is 6.01. The molecule has 1 saturated carbocycles. The Morgan fingerprint density at radius 2 is 1.89 bits per heavy atom. The molecule has 0 unspecified atom stereocenters. The van der Waals surface area contributed by atoms with E-state index in [4.69, 9.17) is 0 Å². The first kappa shape index (κ1) is 18.0. The van der Waals surface area contributed by atoms with Gasteiger partial charge < -0.3 is 15.1 Å². The fourth-order valence-corrected chi connectivity index (χ4v) is 4.12. The van der Waals surface area contributed by atoms with E-state index in [1.807, 2.05) is 24.0 Å². The van der Waals surface area contributed by atoms with Gasteiger partial charge >= 0.3 is 0 Å². The predicted molar refractivity (Wildman–Crippen MR) is 107 cm³/mol. The molecule has 1 N–H and O–H groups in total. The number of aromatic nitrogens is 1. The lowest BCUT2D eigenvalue weighted by atomic mass is 10.1. The molecule has 27 heavy (non-hydrogen) atoms. The van der Waals surface area contributed by atoms with Crippen molar-refractivity contribution in [2.24, 2.45) is 5.92 Å². The fourth-order valence-electron chi connectivity index (χ4n) is 3.27. The number of thiazole rings is 1. The molecule has 1 aliphatic heterocycles. The maximum atomic E-state index is 12.9. The summed E-state index contributed by atoms with van der Waals surface area (Å²) in [7, 11) is 0. The van der Waals surface area contributed by atoms with E-state index in [-0.39, 0.29) is 17.7 Å². The van der Waals surface area contributed by atoms with Crippen molar-refractivity contribution in [1.82, 2.24) is 9.88 Å². The van der Waals surface area contributed by atoms with Crippen LogP contribution in [0.1, 0.15) is 35.3 Å². The predicted octanol–water partition coefficient (Wildman–Crippen LogP) is 3.15. The molecule has 1 aliphatic carbocycles. The van der Waals surface area contributed by atoms with Gasteiger partial charge in [0, 0.05) is 48.7 Å². The normalized spacial score (nSPS) is 17.5. The minimum atomic E-state index is 0.0484. The van der Waals surface area contributed by atoms with Crippen LogP contribution in [0.15, 0.2) is 29.6 Å². The highest BCUT2D eigenvalue weighted by Crippen LogP contribution is 2.30. The third-order valence-electron chi connectivity index (χ3n) is 5.01. The molecule has 1 aromatic carbocycles. The van der Waals surface area contributed by atoms with Crippen LogP contribution in [0.5, 0.6) is 0 Å². The van der Waals surface area contributed by atoms with Crippen molar-refractivity contribution in [3.8, 4) is 0 Å². The number of hydrogen-bond acceptors (Lipinski definition) is 5. The van der Waals surface area contributed by atoms with E-state index in [0.717, 1.165) is 55.4 Å². The van der Waals surface area contributed by atoms with Crippen LogP contribution in [0, 0.1) is 12.8 Å². The Kier molecular flexibility index (Phi) is 5.11. The van der Waals surface area contributed by atoms with Crippen LogP contribution in [-0.4, -0.2) is 47.9 Å². The number of rotatable bonds is 4. The number of hydrogen-bond donors (Lipinski definition) is 1. The maximum absolute atomic E-state index is 12.9. The van der Waals surface area contributed by atoms with Crippen LogP contribution < -0.4 is 10.2 Å². The second-order valence-electron chi connectivity index (χ2n) is 7.25. The van der Waals surface area contributed by atoms with E-state index >= 15 is 0 Å². The lowest BCUT2D eigenvalue weighted by Crippen LogP contribution is -2.35. The lowest BCUT2D eigenvalue weighted by molar-refractivity contribution is -0.117. The van der Waals surface area contributed by atoms with Gasteiger partial charge in [-0.1, -0.05) is 0 Å². The number of nitrogens with one attached hydrogen (secondary N) is 1. The van der Waals surface area contributed by atoms with Crippen molar-refractivity contribution in [1.29, 1.82) is 0 Å². The molecule has 1 saturated heterocycles. The molecule has 4 rings (SSSR count). The van der Waals surface area contributed by atoms with Gasteiger partial charge in [-0.15, -0.1) is 11.3 Å². The second-order valence-corrected chi connectivity index (χ2v) is 8.08. The standard InChI is InChI=1S/C20H24N4O2S/c1-14-13-27-20(21-14)24-10-2-9-23(11-12-24)19(26)16-5-7-17(8-6-16)22-18(25)15-3-4-15/h5-8,13,15H,2-4,9-12H2,1H3,(H,22,25). The van der Waals surface area contributed by atoms with Crippen molar-refractivity contribution in [3.05, 3.63) is 40.9 Å². The minimum Gasteiger partial charge on any atom is -0.346 e. The van der Waals surface area contributed by atoms with Gasteiger partial charge in [-0.05, 0) is 50.5 Å². The highest BCUT2D eigenvalue weighted by molar-refractivity contribution is 7.13. The van der Waals surface area contributed by atoms with Crippen LogP contribution in [0.4, 0.5) is 10.8 Å². The third kappa shape index (κ3) is 4.30. The minimum absolute atomic E-state index is 0.0484. The Morgan fingerprint density at radius 1 is 1.11 bits per heavy atom. The quantitative estimate of drug-likeness (QED) is 0.879. The third-order valence-corrected chi connectivity index (χ3v) is 6.03. The number of carbonyl (C=O) groups excluding carboxylic acids is 2. The van der Waals surface area contributed by atoms with Crippen molar-refractivity contribution in [3.63, 3.8) is 0 Å². The topological polar surface area (TPSA) is 65.5 Å². The van der Waals surface area contributed by atoms with E-state index in [1.54, 1.807) is 23.5 Å². The molecule has 2 aliphatic rings. The van der Waals surface area contributed by atoms with Gasteiger partial charge in [0.1, 0.15) is 0 Å². The summed E-state index contributed by atoms with van der Waals surface area (Å²) in [6.45, 7) is 5.17. The lowest BCUT2D eigenvalue weighted by Gasteiger charge is -2.22. The van der Waals surface area contributed by atoms with Crippen LogP contribution in [0.25, 0.3) is 0 Å². The molecular weight excluding hydrogens is 360 g/mol. The molecule has 142 valence electrons. The van der Waals surface area contributed by atoms with Crippen LogP contribution in [-0.2, 0) is 4.79 Å². The van der Waals surface area contributed by atoms with E-state index < -0.39 is 0 Å². The van der Waals surface area contributed by atoms with Crippen molar-refractivity contribution >= 4 is 34.0 Å². The Labute approximate surface area is 163 Å². The molecule has 2 fully saturated rings. The highest BCUT2D eigenvalue weighted by atomic mass is 32.1. The molecule has 2 aromatic rings. The summed E-state index contributed by atoms with van der Waals surface area (Å²) in [4.78, 5) is 33.4. The average Bonchev–Trinajstić information content (AvgIpc) is 3.47. The summed E-state index contributed by atoms with van der Waals surface area (Å²) in [5.74, 6) is 0.305. The molecule has 2 amide bonds. The summed E-state index contributed by atoms with van der Waals surface area (Å²) >= 11 is 1.66. The number of benzene rings is 1. The smallest absolute Gasteiger partial charge is 0.253 e. The Bertz CT molecular complexity index is 829. The number of anilines is 2. The van der Waals surface area contributed by atoms with Gasteiger partial charge in [0.25, 0.3) is 5.91 Å². The van der Waals surface area contributed by atoms with Crippen molar-refractivity contribution < 1.29 is 9.59 Å². The SMILES string of the molecule is Cc1csc(N2CCCN(C(=O)c3ccc(NC(=O)C4CC4)cc3)CC2)n1. The average molecular weight is 385 g/mol. The van der Waals surface area contributed by atoms with Gasteiger partial charge in [-0.3, -0.25) is 9.59 Å². The molecule has 6 nitrogen and oxygen atoms in total. The molecule has 2 heterocycles. The zero-order valence-electron chi connectivity index (χ0n) is 15.5. The zero-order chi connectivity index (χ0) is 18.8. The Hall–Kier alpha value is -2.41. The number of nitrogens with zero attached hydrogens (tertiary/aromatic N) is 3. The van der Waals surface area contributed by atoms with Gasteiger partial charge in [0.05, 0.1) is 5.69 Å². The van der Waals surface area contributed by atoms with Crippen molar-refractivity contribution in [2.75, 3.05) is 36.4 Å². The number of aryl methyl sites for hydroxylation is 1. The fraction of sp³-hybridized carbons (Fsp3) is 0.450. The van der Waals surface area contributed by atoms with E-state index in [0.29, 0.717) is 12.1 Å². The van der Waals surface area contributed by atoms with Gasteiger partial charge in [0.15, 0.2) is 5.13 Å². The summed E-state index contributed by atoms with van der Waals surface area (Å²) in [5.41, 5.74) is 2.46. The second kappa shape index (κ2) is 7.68. The maximum Gasteiger partial charge on any atom is 0.253 e. The van der Waals surface area contributed by atoms with Crippen molar-refractivity contribution in [2.45, 2.75) is 26.2 Å². The molecule has 0 spiro atoms. The summed E-state index contributed by atoms with van der Waals surface area (Å²) in [6.07, 6.45) is 2.89. The zero-order valence-corrected chi connectivity index (χ0v) is 16.3. The van der Waals surface area contributed by atoms with Gasteiger partial charge in [-0.2, -0.15) is 0 Å². The van der Waals surface area contributed by atoms with Crippen LogP contribution in [0.2, 0.25) is 0 Å². The number of amides is 2. The highest BCUT2D eigenvalue weighted by Gasteiger charge is 2.29. The van der Waals surface area contributed by atoms with Crippen LogP contribution >= 0.6 is 11.3 Å². The largest absolute Gasteiger partial charge is 0.346 e. The summed E-state index contributed by atoms with van der Waals surface area (Å²) < 4.78 is 0. The van der Waals surface area contributed by atoms with Crippen LogP contribution in [0.3, 0.4) is 0 Å². The monoisotopic (exact) mass is 384 g/mol. The number of carbonyl (C=O) groups is 2. The van der Waals surface area contributed by atoms with Gasteiger partial charge in [-0.25, -0.2) is 4.98 Å². The molecule has 0 radical (unpaired) electrons. The molecule has 1 aromatic heterocycles. The Morgan fingerprint density at radius 3 is 2.56 bits per heavy atom. The summed E-state index contributed by atoms with van der Waals surface area (Å²) in [6, 6.07) is 7.24. The Balaban J connectivity index is 1.36. The first-order valence-corrected chi connectivity index (χ1v) is 10.4. The van der Waals surface area contributed by atoms with E-state index in [9.17, 15) is 9.59 Å². The first-order chi connectivity index (χ1) is 13.1. The molecular formula is C20H24N4O2S. The molecule has 0 bridgehead atoms. The van der Waals surface area contributed by atoms with E-state index in [2.05, 4.69) is 20.6 Å². The van der Waals surface area contributed by atoms with Gasteiger partial charge in [0.2, 0.25) is 5.91 Å². The first-order valence-electron chi connectivity index (χ1n) is 9.47. The van der Waals surface area contributed by atoms with E-state index in [1.165, 1.54) is 0 Å².